The SMILES string of the molecule is Cn1c(Cc2c(Cl)ccc(CNC(=O)C(C)(F)F)c2Cl)nc2cc(C(=O)NCC(F)(F)F)c(OCC(F)F)cc21. The van der Waals surface area contributed by atoms with E-state index in [1.807, 2.05) is 0 Å². The van der Waals surface area contributed by atoms with E-state index >= 15 is 0 Å². The van der Waals surface area contributed by atoms with E-state index in [9.17, 15) is 40.3 Å². The van der Waals surface area contributed by atoms with Crippen molar-refractivity contribution in [2.45, 2.75) is 38.4 Å². The Bertz CT molecular complexity index is 1420. The summed E-state index contributed by atoms with van der Waals surface area (Å²) >= 11 is 12.8. The first kappa shape index (κ1) is 31.3. The van der Waals surface area contributed by atoms with Crippen molar-refractivity contribution in [3.05, 3.63) is 56.8 Å². The first-order valence-corrected chi connectivity index (χ1v) is 12.1. The van der Waals surface area contributed by atoms with Crippen LogP contribution >= 0.6 is 23.2 Å². The van der Waals surface area contributed by atoms with Crippen LogP contribution in [-0.2, 0) is 24.8 Å². The minimum Gasteiger partial charge on any atom is -0.487 e. The third kappa shape index (κ3) is 7.68. The molecular formula is C24H21Cl2F7N4O3. The van der Waals surface area contributed by atoms with Gasteiger partial charge in [-0.2, -0.15) is 22.0 Å². The molecule has 40 heavy (non-hydrogen) atoms. The number of aryl methyl sites for hydroxylation is 1. The number of nitrogens with zero attached hydrogens (tertiary/aromatic N) is 2. The number of hydrogen-bond donors (Lipinski definition) is 2. The minimum absolute atomic E-state index is 0.0442. The highest BCUT2D eigenvalue weighted by molar-refractivity contribution is 6.36. The zero-order chi connectivity index (χ0) is 30.0. The predicted molar refractivity (Wildman–Crippen MR) is 132 cm³/mol. The molecule has 16 heteroatoms. The third-order valence-corrected chi connectivity index (χ3v) is 6.40. The van der Waals surface area contributed by atoms with Crippen LogP contribution in [0.3, 0.4) is 0 Å². The van der Waals surface area contributed by atoms with Crippen molar-refractivity contribution in [3.8, 4) is 5.75 Å². The molecule has 7 nitrogen and oxygen atoms in total. The molecule has 0 fully saturated rings. The number of carbonyl (C=O) groups excluding carboxylic acids is 2. The van der Waals surface area contributed by atoms with E-state index in [1.165, 1.54) is 22.8 Å². The molecule has 2 N–H and O–H groups in total. The van der Waals surface area contributed by atoms with Crippen LogP contribution in [0.5, 0.6) is 5.75 Å². The summed E-state index contributed by atoms with van der Waals surface area (Å²) in [5.74, 6) is -6.42. The van der Waals surface area contributed by atoms with Crippen molar-refractivity contribution < 1.29 is 45.1 Å². The lowest BCUT2D eigenvalue weighted by Crippen LogP contribution is -2.37. The molecule has 0 radical (unpaired) electrons. The van der Waals surface area contributed by atoms with Gasteiger partial charge in [0, 0.05) is 38.0 Å². The van der Waals surface area contributed by atoms with Crippen molar-refractivity contribution in [2.75, 3.05) is 13.2 Å². The van der Waals surface area contributed by atoms with Crippen LogP contribution in [0.25, 0.3) is 11.0 Å². The molecule has 0 bridgehead atoms. The van der Waals surface area contributed by atoms with Crippen LogP contribution < -0.4 is 15.4 Å². The fraction of sp³-hybridized carbons (Fsp3) is 0.375. The van der Waals surface area contributed by atoms with Crippen LogP contribution in [-0.4, -0.2) is 53.0 Å². The lowest BCUT2D eigenvalue weighted by molar-refractivity contribution is -0.143. The second kappa shape index (κ2) is 12.1. The Labute approximate surface area is 232 Å². The van der Waals surface area contributed by atoms with Gasteiger partial charge in [0.05, 0.1) is 21.6 Å². The molecule has 0 saturated heterocycles. The number of imidazole rings is 1. The van der Waals surface area contributed by atoms with Crippen molar-refractivity contribution in [1.29, 1.82) is 0 Å². The molecule has 3 rings (SSSR count). The lowest BCUT2D eigenvalue weighted by Gasteiger charge is -2.14. The van der Waals surface area contributed by atoms with E-state index in [-0.39, 0.29) is 51.2 Å². The number of hydrogen-bond acceptors (Lipinski definition) is 4. The Morgan fingerprint density at radius 3 is 2.38 bits per heavy atom. The van der Waals surface area contributed by atoms with Crippen molar-refractivity contribution >= 4 is 46.0 Å². The molecule has 3 aromatic rings. The summed E-state index contributed by atoms with van der Waals surface area (Å²) < 4.78 is 96.2. The number of amides is 2. The molecule has 218 valence electrons. The van der Waals surface area contributed by atoms with E-state index in [0.717, 1.165) is 6.07 Å². The number of ether oxygens (including phenoxy) is 1. The fourth-order valence-corrected chi connectivity index (χ4v) is 4.16. The molecular weight excluding hydrogens is 596 g/mol. The molecule has 1 aromatic heterocycles. The molecule has 1 heterocycles. The summed E-state index contributed by atoms with van der Waals surface area (Å²) in [6.45, 7) is -2.66. The van der Waals surface area contributed by atoms with Gasteiger partial charge in [0.1, 0.15) is 24.7 Å². The number of aromatic nitrogens is 2. The molecule has 2 amide bonds. The highest BCUT2D eigenvalue weighted by Crippen LogP contribution is 2.33. The minimum atomic E-state index is -4.71. The molecule has 0 aliphatic rings. The number of fused-ring (bicyclic) bond motifs is 1. The van der Waals surface area contributed by atoms with Crippen LogP contribution in [0.4, 0.5) is 30.7 Å². The van der Waals surface area contributed by atoms with Crippen molar-refractivity contribution in [3.63, 3.8) is 0 Å². The maximum absolute atomic E-state index is 13.2. The second-order valence-electron chi connectivity index (χ2n) is 8.67. The number of carbonyl (C=O) groups is 2. The summed E-state index contributed by atoms with van der Waals surface area (Å²) in [5.41, 5.74) is 0.564. The number of nitrogens with one attached hydrogen (secondary N) is 2. The van der Waals surface area contributed by atoms with Gasteiger partial charge < -0.3 is 19.9 Å². The highest BCUT2D eigenvalue weighted by Gasteiger charge is 2.32. The Morgan fingerprint density at radius 1 is 1.10 bits per heavy atom. The largest absolute Gasteiger partial charge is 0.487 e. The van der Waals surface area contributed by atoms with Crippen LogP contribution in [0, 0.1) is 0 Å². The van der Waals surface area contributed by atoms with E-state index in [0.29, 0.717) is 12.5 Å². The first-order chi connectivity index (χ1) is 18.5. The number of benzene rings is 2. The molecule has 0 aliphatic carbocycles. The quantitative estimate of drug-likeness (QED) is 0.287. The normalized spacial score (nSPS) is 12.2. The maximum atomic E-state index is 13.2. The van der Waals surface area contributed by atoms with Gasteiger partial charge >= 0.3 is 12.1 Å². The van der Waals surface area contributed by atoms with Crippen molar-refractivity contribution in [2.24, 2.45) is 7.05 Å². The van der Waals surface area contributed by atoms with Gasteiger partial charge in [-0.25, -0.2) is 13.8 Å². The first-order valence-electron chi connectivity index (χ1n) is 11.3. The average Bonchev–Trinajstić information content (AvgIpc) is 3.15. The number of alkyl halides is 7. The average molecular weight is 617 g/mol. The number of halogens is 9. The second-order valence-corrected chi connectivity index (χ2v) is 9.46. The van der Waals surface area contributed by atoms with Crippen LogP contribution in [0.1, 0.15) is 34.2 Å². The molecule has 0 spiro atoms. The van der Waals surface area contributed by atoms with Gasteiger partial charge in [-0.05, 0) is 23.3 Å². The topological polar surface area (TPSA) is 85.2 Å². The number of rotatable bonds is 10. The Morgan fingerprint density at radius 2 is 1.77 bits per heavy atom. The standard InChI is InChI=1S/C24H21Cl2F7N4O3/c1-23(29,30)22(39)34-8-11-3-4-14(25)12(20(11)26)6-19-36-15-5-13(21(38)35-10-24(31,32)33)17(40-9-18(27)28)7-16(15)37(19)2/h3-5,7,18H,6,8-10H2,1-2H3,(H,34,39)(H,35,38). The van der Waals surface area contributed by atoms with Crippen LogP contribution in [0.2, 0.25) is 10.0 Å². The highest BCUT2D eigenvalue weighted by atomic mass is 35.5. The summed E-state index contributed by atoms with van der Waals surface area (Å²) in [5, 5.41) is 3.98. The zero-order valence-corrected chi connectivity index (χ0v) is 22.2. The fourth-order valence-electron chi connectivity index (χ4n) is 3.59. The predicted octanol–water partition coefficient (Wildman–Crippen LogP) is 5.68. The summed E-state index contributed by atoms with van der Waals surface area (Å²) in [7, 11) is 1.54. The molecule has 2 aromatic carbocycles. The van der Waals surface area contributed by atoms with Gasteiger partial charge in [0.15, 0.2) is 0 Å². The summed E-state index contributed by atoms with van der Waals surface area (Å²) in [6.07, 6.45) is -7.68. The van der Waals surface area contributed by atoms with Gasteiger partial charge in [-0.1, -0.05) is 29.3 Å². The van der Waals surface area contributed by atoms with Gasteiger partial charge in [-0.3, -0.25) is 9.59 Å². The van der Waals surface area contributed by atoms with Crippen molar-refractivity contribution in [1.82, 2.24) is 20.2 Å². The molecule has 0 atom stereocenters. The van der Waals surface area contributed by atoms with Gasteiger partial charge in [0.2, 0.25) is 0 Å². The lowest BCUT2D eigenvalue weighted by atomic mass is 10.1. The van der Waals surface area contributed by atoms with Gasteiger partial charge in [0.25, 0.3) is 18.2 Å². The third-order valence-electron chi connectivity index (χ3n) is 5.57. The maximum Gasteiger partial charge on any atom is 0.405 e. The van der Waals surface area contributed by atoms with E-state index < -0.39 is 49.1 Å². The molecule has 0 aliphatic heterocycles. The smallest absolute Gasteiger partial charge is 0.405 e. The zero-order valence-electron chi connectivity index (χ0n) is 20.7. The Hall–Kier alpha value is -3.26. The summed E-state index contributed by atoms with van der Waals surface area (Å²) in [4.78, 5) is 28.4. The Kier molecular flexibility index (Phi) is 9.45. The van der Waals surface area contributed by atoms with E-state index in [4.69, 9.17) is 27.9 Å². The van der Waals surface area contributed by atoms with Crippen LogP contribution in [0.15, 0.2) is 24.3 Å². The molecule has 0 saturated carbocycles. The molecule has 0 unspecified atom stereocenters. The van der Waals surface area contributed by atoms with Gasteiger partial charge in [-0.15, -0.1) is 0 Å². The summed E-state index contributed by atoms with van der Waals surface area (Å²) in [6, 6.07) is 5.17. The monoisotopic (exact) mass is 616 g/mol. The van der Waals surface area contributed by atoms with E-state index in [2.05, 4.69) is 10.3 Å². The van der Waals surface area contributed by atoms with E-state index in [1.54, 1.807) is 12.4 Å². The Balaban J connectivity index is 1.98.